The minimum Gasteiger partial charge on any atom is -0.496 e. The molecular formula is C20H26N2O4. The van der Waals surface area contributed by atoms with Crippen LogP contribution in [-0.4, -0.2) is 42.8 Å². The fourth-order valence-corrected chi connectivity index (χ4v) is 4.00. The monoisotopic (exact) mass is 358 g/mol. The maximum atomic E-state index is 12.4. The number of fused-ring (bicyclic) bond motifs is 1. The Hall–Kier alpha value is -2.37. The fourth-order valence-electron chi connectivity index (χ4n) is 4.00. The third-order valence-electron chi connectivity index (χ3n) is 5.40. The molecule has 3 rings (SSSR count). The number of hydrogen-bond donors (Lipinski definition) is 1. The maximum absolute atomic E-state index is 12.4. The summed E-state index contributed by atoms with van der Waals surface area (Å²) in [5.74, 6) is 0.200. The second-order valence-corrected chi connectivity index (χ2v) is 6.99. The Morgan fingerprint density at radius 1 is 1.15 bits per heavy atom. The predicted octanol–water partition coefficient (Wildman–Crippen LogP) is 1.92. The molecule has 0 bridgehead atoms. The van der Waals surface area contributed by atoms with Gasteiger partial charge in [0.1, 0.15) is 5.75 Å². The number of hydrogen-bond acceptors (Lipinski definition) is 4. The van der Waals surface area contributed by atoms with Gasteiger partial charge in [0.25, 0.3) is 0 Å². The molecule has 26 heavy (non-hydrogen) atoms. The molecule has 1 aliphatic heterocycles. The molecule has 0 radical (unpaired) electrons. The number of benzene rings is 1. The second kappa shape index (κ2) is 8.34. The van der Waals surface area contributed by atoms with Gasteiger partial charge in [-0.1, -0.05) is 31.0 Å². The first-order valence-electron chi connectivity index (χ1n) is 9.35. The summed E-state index contributed by atoms with van der Waals surface area (Å²) >= 11 is 0. The van der Waals surface area contributed by atoms with E-state index in [0.717, 1.165) is 37.0 Å². The SMILES string of the molecule is COc1ccccc1CCNC(=O)CCN1C(=O)[C@H]2CCCC[C@@H]2C1=O. The molecule has 1 aliphatic carbocycles. The third-order valence-corrected chi connectivity index (χ3v) is 5.40. The van der Waals surface area contributed by atoms with Gasteiger partial charge in [0.05, 0.1) is 18.9 Å². The fraction of sp³-hybridized carbons (Fsp3) is 0.550. The molecule has 1 aromatic carbocycles. The average Bonchev–Trinajstić information content (AvgIpc) is 2.91. The van der Waals surface area contributed by atoms with Gasteiger partial charge in [-0.3, -0.25) is 19.3 Å². The normalized spacial score (nSPS) is 22.3. The van der Waals surface area contributed by atoms with E-state index in [1.165, 1.54) is 4.90 Å². The van der Waals surface area contributed by atoms with Crippen LogP contribution in [0.15, 0.2) is 24.3 Å². The zero-order valence-electron chi connectivity index (χ0n) is 15.2. The third kappa shape index (κ3) is 3.89. The van der Waals surface area contributed by atoms with Gasteiger partial charge in [0, 0.05) is 19.5 Å². The van der Waals surface area contributed by atoms with Gasteiger partial charge >= 0.3 is 0 Å². The minimum absolute atomic E-state index is 0.0819. The average molecular weight is 358 g/mol. The second-order valence-electron chi connectivity index (χ2n) is 6.99. The number of carbonyl (C=O) groups is 3. The van der Waals surface area contributed by atoms with Gasteiger partial charge in [0.15, 0.2) is 0 Å². The van der Waals surface area contributed by atoms with Crippen molar-refractivity contribution in [1.82, 2.24) is 10.2 Å². The van der Waals surface area contributed by atoms with Crippen LogP contribution >= 0.6 is 0 Å². The summed E-state index contributed by atoms with van der Waals surface area (Å²) in [5.41, 5.74) is 1.03. The molecule has 1 saturated carbocycles. The Morgan fingerprint density at radius 2 is 1.81 bits per heavy atom. The summed E-state index contributed by atoms with van der Waals surface area (Å²) in [4.78, 5) is 38.2. The number of imide groups is 1. The van der Waals surface area contributed by atoms with Crippen molar-refractivity contribution >= 4 is 17.7 Å². The Kier molecular flexibility index (Phi) is 5.91. The van der Waals surface area contributed by atoms with Gasteiger partial charge in [-0.25, -0.2) is 0 Å². The first-order valence-corrected chi connectivity index (χ1v) is 9.35. The molecule has 1 heterocycles. The number of carbonyl (C=O) groups excluding carboxylic acids is 3. The molecule has 2 atom stereocenters. The van der Waals surface area contributed by atoms with E-state index in [1.807, 2.05) is 24.3 Å². The molecule has 0 aromatic heterocycles. The van der Waals surface area contributed by atoms with E-state index in [0.29, 0.717) is 13.0 Å². The van der Waals surface area contributed by atoms with Crippen molar-refractivity contribution in [3.63, 3.8) is 0 Å². The van der Waals surface area contributed by atoms with E-state index in [2.05, 4.69) is 5.32 Å². The Morgan fingerprint density at radius 3 is 2.46 bits per heavy atom. The van der Waals surface area contributed by atoms with Crippen LogP contribution in [-0.2, 0) is 20.8 Å². The van der Waals surface area contributed by atoms with Crippen molar-refractivity contribution in [3.05, 3.63) is 29.8 Å². The molecule has 140 valence electrons. The molecule has 1 saturated heterocycles. The van der Waals surface area contributed by atoms with Crippen molar-refractivity contribution in [3.8, 4) is 5.75 Å². The van der Waals surface area contributed by atoms with E-state index in [1.54, 1.807) is 7.11 Å². The lowest BCUT2D eigenvalue weighted by Crippen LogP contribution is -2.35. The van der Waals surface area contributed by atoms with Crippen molar-refractivity contribution in [2.45, 2.75) is 38.5 Å². The van der Waals surface area contributed by atoms with E-state index in [4.69, 9.17) is 4.74 Å². The molecule has 6 heteroatoms. The lowest BCUT2D eigenvalue weighted by molar-refractivity contribution is -0.140. The molecule has 0 spiro atoms. The number of likely N-dealkylation sites (tertiary alicyclic amines) is 1. The highest BCUT2D eigenvalue weighted by molar-refractivity contribution is 6.05. The topological polar surface area (TPSA) is 75.7 Å². The summed E-state index contributed by atoms with van der Waals surface area (Å²) < 4.78 is 5.29. The summed E-state index contributed by atoms with van der Waals surface area (Å²) in [5, 5.41) is 2.86. The summed E-state index contributed by atoms with van der Waals surface area (Å²) in [6.45, 7) is 0.678. The van der Waals surface area contributed by atoms with E-state index in [9.17, 15) is 14.4 Å². The smallest absolute Gasteiger partial charge is 0.233 e. The molecular weight excluding hydrogens is 332 g/mol. The van der Waals surface area contributed by atoms with Crippen LogP contribution in [0.1, 0.15) is 37.7 Å². The number of para-hydroxylation sites is 1. The number of amides is 3. The van der Waals surface area contributed by atoms with Gasteiger partial charge in [0.2, 0.25) is 17.7 Å². The van der Waals surface area contributed by atoms with Crippen molar-refractivity contribution in [2.75, 3.05) is 20.2 Å². The van der Waals surface area contributed by atoms with Crippen molar-refractivity contribution < 1.29 is 19.1 Å². The van der Waals surface area contributed by atoms with Gasteiger partial charge in [-0.05, 0) is 30.9 Å². The Bertz CT molecular complexity index is 664. The van der Waals surface area contributed by atoms with Crippen LogP contribution in [0.2, 0.25) is 0 Å². The first kappa shape index (κ1) is 18.4. The van der Waals surface area contributed by atoms with Gasteiger partial charge in [-0.15, -0.1) is 0 Å². The molecule has 2 aliphatic rings. The number of rotatable bonds is 7. The maximum Gasteiger partial charge on any atom is 0.233 e. The summed E-state index contributed by atoms with van der Waals surface area (Å²) in [7, 11) is 1.62. The van der Waals surface area contributed by atoms with Crippen molar-refractivity contribution in [2.24, 2.45) is 11.8 Å². The number of methoxy groups -OCH3 is 1. The lowest BCUT2D eigenvalue weighted by Gasteiger charge is -2.19. The van der Waals surface area contributed by atoms with Crippen LogP contribution in [0.25, 0.3) is 0 Å². The van der Waals surface area contributed by atoms with Crippen LogP contribution < -0.4 is 10.1 Å². The predicted molar refractivity (Wildman–Crippen MR) is 96.5 cm³/mol. The molecule has 3 amide bonds. The van der Waals surface area contributed by atoms with Crippen LogP contribution in [0.4, 0.5) is 0 Å². The first-order chi connectivity index (χ1) is 12.6. The quantitative estimate of drug-likeness (QED) is 0.756. The van der Waals surface area contributed by atoms with E-state index < -0.39 is 0 Å². The van der Waals surface area contributed by atoms with Crippen molar-refractivity contribution in [1.29, 1.82) is 0 Å². The number of ether oxygens (including phenoxy) is 1. The van der Waals surface area contributed by atoms with Crippen LogP contribution in [0.5, 0.6) is 5.75 Å². The van der Waals surface area contributed by atoms with Crippen LogP contribution in [0.3, 0.4) is 0 Å². The number of nitrogens with one attached hydrogen (secondary N) is 1. The molecule has 2 fully saturated rings. The Balaban J connectivity index is 1.44. The highest BCUT2D eigenvalue weighted by atomic mass is 16.5. The molecule has 1 aromatic rings. The van der Waals surface area contributed by atoms with E-state index in [-0.39, 0.29) is 42.5 Å². The Labute approximate surface area is 153 Å². The molecule has 1 N–H and O–H groups in total. The van der Waals surface area contributed by atoms with Gasteiger partial charge < -0.3 is 10.1 Å². The molecule has 6 nitrogen and oxygen atoms in total. The van der Waals surface area contributed by atoms with Crippen LogP contribution in [0, 0.1) is 11.8 Å². The molecule has 0 unspecified atom stereocenters. The zero-order valence-corrected chi connectivity index (χ0v) is 15.2. The summed E-state index contributed by atoms with van der Waals surface area (Å²) in [6.07, 6.45) is 4.45. The zero-order chi connectivity index (χ0) is 18.5. The van der Waals surface area contributed by atoms with E-state index >= 15 is 0 Å². The van der Waals surface area contributed by atoms with Gasteiger partial charge in [-0.2, -0.15) is 0 Å². The largest absolute Gasteiger partial charge is 0.496 e. The highest BCUT2D eigenvalue weighted by Gasteiger charge is 2.47. The minimum atomic E-state index is -0.148. The standard InChI is InChI=1S/C20H26N2O4/c1-26-17-9-5-2-6-14(17)10-12-21-18(23)11-13-22-19(24)15-7-3-4-8-16(15)20(22)25/h2,5-6,9,15-16H,3-4,7-8,10-13H2,1H3,(H,21,23)/t15-,16-/m0/s1. The summed E-state index contributed by atoms with van der Waals surface area (Å²) in [6, 6.07) is 7.70. The highest BCUT2D eigenvalue weighted by Crippen LogP contribution is 2.37. The number of nitrogens with zero attached hydrogens (tertiary/aromatic N) is 1. The lowest BCUT2D eigenvalue weighted by atomic mass is 9.81.